The van der Waals surface area contributed by atoms with Crippen LogP contribution in [-0.2, 0) is 9.53 Å². The fourth-order valence-corrected chi connectivity index (χ4v) is 1.85. The number of aromatic amines is 1. The van der Waals surface area contributed by atoms with Gasteiger partial charge < -0.3 is 9.72 Å². The van der Waals surface area contributed by atoms with Crippen LogP contribution in [0.2, 0.25) is 0 Å². The van der Waals surface area contributed by atoms with Crippen molar-refractivity contribution in [1.82, 2.24) is 4.98 Å². The number of fused-ring (bicyclic) bond motifs is 1. The van der Waals surface area contributed by atoms with E-state index in [1.165, 1.54) is 13.2 Å². The van der Waals surface area contributed by atoms with Crippen molar-refractivity contribution in [2.24, 2.45) is 0 Å². The number of ether oxygens (including phenoxy) is 1. The molecule has 0 spiro atoms. The molecule has 0 unspecified atom stereocenters. The molecule has 0 aliphatic heterocycles. The summed E-state index contributed by atoms with van der Waals surface area (Å²) < 4.78 is 5.56. The lowest BCUT2D eigenvalue weighted by atomic mass is 10.1. The van der Waals surface area contributed by atoms with Gasteiger partial charge in [0.05, 0.1) is 7.11 Å². The maximum atomic E-state index is 11.0. The maximum Gasteiger partial charge on any atom is 0.330 e. The Bertz CT molecular complexity index is 557. The van der Waals surface area contributed by atoms with E-state index in [1.807, 2.05) is 24.4 Å². The number of benzene rings is 1. The highest BCUT2D eigenvalue weighted by molar-refractivity contribution is 9.10. The van der Waals surface area contributed by atoms with Crippen LogP contribution in [0.3, 0.4) is 0 Å². The lowest BCUT2D eigenvalue weighted by Crippen LogP contribution is -1.92. The van der Waals surface area contributed by atoms with Crippen molar-refractivity contribution in [1.29, 1.82) is 0 Å². The molecule has 0 saturated heterocycles. The van der Waals surface area contributed by atoms with Gasteiger partial charge in [0.25, 0.3) is 0 Å². The number of rotatable bonds is 2. The molecule has 0 amide bonds. The molecule has 4 heteroatoms. The van der Waals surface area contributed by atoms with Crippen molar-refractivity contribution in [2.45, 2.75) is 0 Å². The first-order valence-corrected chi connectivity index (χ1v) is 5.52. The van der Waals surface area contributed by atoms with Crippen LogP contribution in [0.25, 0.3) is 17.0 Å². The Labute approximate surface area is 101 Å². The van der Waals surface area contributed by atoms with E-state index in [2.05, 4.69) is 25.7 Å². The quantitative estimate of drug-likeness (QED) is 0.678. The molecule has 0 bridgehead atoms. The van der Waals surface area contributed by atoms with E-state index >= 15 is 0 Å². The highest BCUT2D eigenvalue weighted by Gasteiger charge is 2.01. The van der Waals surface area contributed by atoms with Crippen molar-refractivity contribution < 1.29 is 9.53 Å². The lowest BCUT2D eigenvalue weighted by Gasteiger charge is -1.93. The Morgan fingerprint density at radius 3 is 3.06 bits per heavy atom. The number of methoxy groups -OCH3 is 1. The molecular formula is C12H10BrNO2. The molecule has 16 heavy (non-hydrogen) atoms. The zero-order chi connectivity index (χ0) is 11.5. The third-order valence-corrected chi connectivity index (χ3v) is 2.77. The van der Waals surface area contributed by atoms with Gasteiger partial charge in [0.1, 0.15) is 0 Å². The molecule has 1 aromatic heterocycles. The van der Waals surface area contributed by atoms with E-state index in [1.54, 1.807) is 6.08 Å². The monoisotopic (exact) mass is 279 g/mol. The summed E-state index contributed by atoms with van der Waals surface area (Å²) in [4.78, 5) is 14.1. The van der Waals surface area contributed by atoms with Gasteiger partial charge in [0.2, 0.25) is 0 Å². The number of halogens is 1. The highest BCUT2D eigenvalue weighted by Crippen LogP contribution is 2.23. The summed E-state index contributed by atoms with van der Waals surface area (Å²) in [5.41, 5.74) is 1.99. The molecule has 1 heterocycles. The zero-order valence-corrected chi connectivity index (χ0v) is 10.2. The number of carbonyl (C=O) groups is 1. The van der Waals surface area contributed by atoms with Crippen LogP contribution in [0.15, 0.2) is 34.9 Å². The molecular weight excluding hydrogens is 270 g/mol. The van der Waals surface area contributed by atoms with Crippen molar-refractivity contribution in [2.75, 3.05) is 7.11 Å². The molecule has 1 aromatic carbocycles. The van der Waals surface area contributed by atoms with Gasteiger partial charge in [0.15, 0.2) is 0 Å². The first-order chi connectivity index (χ1) is 7.70. The summed E-state index contributed by atoms with van der Waals surface area (Å²) in [5.74, 6) is -0.355. The van der Waals surface area contributed by atoms with E-state index in [0.29, 0.717) is 0 Å². The smallest absolute Gasteiger partial charge is 0.330 e. The molecule has 0 aliphatic rings. The van der Waals surface area contributed by atoms with Crippen LogP contribution in [0.5, 0.6) is 0 Å². The highest BCUT2D eigenvalue weighted by atomic mass is 79.9. The number of nitrogens with one attached hydrogen (secondary N) is 1. The van der Waals surface area contributed by atoms with Gasteiger partial charge in [-0.15, -0.1) is 0 Å². The first kappa shape index (κ1) is 11.0. The second-order valence-electron chi connectivity index (χ2n) is 3.29. The molecule has 2 aromatic rings. The Hall–Kier alpha value is -1.55. The fraction of sp³-hybridized carbons (Fsp3) is 0.0833. The molecule has 82 valence electrons. The molecule has 0 atom stereocenters. The molecule has 0 saturated carbocycles. The average molecular weight is 280 g/mol. The summed E-state index contributed by atoms with van der Waals surface area (Å²) in [6, 6.07) is 5.95. The molecule has 0 aliphatic carbocycles. The van der Waals surface area contributed by atoms with Gasteiger partial charge in [-0.2, -0.15) is 0 Å². The van der Waals surface area contributed by atoms with Gasteiger partial charge in [-0.3, -0.25) is 0 Å². The van der Waals surface area contributed by atoms with Gasteiger partial charge >= 0.3 is 5.97 Å². The summed E-state index contributed by atoms with van der Waals surface area (Å²) in [7, 11) is 1.36. The largest absolute Gasteiger partial charge is 0.466 e. The number of aromatic nitrogens is 1. The van der Waals surface area contributed by atoms with Crippen LogP contribution in [0, 0.1) is 0 Å². The Kier molecular flexibility index (Phi) is 3.10. The number of hydrogen-bond donors (Lipinski definition) is 1. The summed E-state index contributed by atoms with van der Waals surface area (Å²) in [5, 5.41) is 1.07. The van der Waals surface area contributed by atoms with Gasteiger partial charge in [-0.25, -0.2) is 4.79 Å². The van der Waals surface area contributed by atoms with Crippen molar-refractivity contribution >= 4 is 38.9 Å². The van der Waals surface area contributed by atoms with Crippen LogP contribution < -0.4 is 0 Å². The standard InChI is InChI=1S/C12H10BrNO2/c1-16-12(15)5-2-8-7-14-11-6-9(13)3-4-10(8)11/h2-7,14H,1H3/b5-2+. The van der Waals surface area contributed by atoms with Crippen LogP contribution in [0.1, 0.15) is 5.56 Å². The van der Waals surface area contributed by atoms with Crippen LogP contribution in [0.4, 0.5) is 0 Å². The van der Waals surface area contributed by atoms with E-state index in [-0.39, 0.29) is 5.97 Å². The van der Waals surface area contributed by atoms with E-state index in [0.717, 1.165) is 20.9 Å². The molecule has 0 radical (unpaired) electrons. The van der Waals surface area contributed by atoms with E-state index in [9.17, 15) is 4.79 Å². The number of hydrogen-bond acceptors (Lipinski definition) is 2. The normalized spacial score (nSPS) is 11.1. The van der Waals surface area contributed by atoms with Gasteiger partial charge in [-0.05, 0) is 18.2 Å². The minimum Gasteiger partial charge on any atom is -0.466 e. The first-order valence-electron chi connectivity index (χ1n) is 4.73. The Morgan fingerprint density at radius 2 is 2.31 bits per heavy atom. The second-order valence-corrected chi connectivity index (χ2v) is 4.21. The molecule has 2 rings (SSSR count). The van der Waals surface area contributed by atoms with Gasteiger partial charge in [-0.1, -0.05) is 22.0 Å². The third-order valence-electron chi connectivity index (χ3n) is 2.28. The topological polar surface area (TPSA) is 42.1 Å². The molecule has 3 nitrogen and oxygen atoms in total. The summed E-state index contributed by atoms with van der Waals surface area (Å²) in [6.07, 6.45) is 5.00. The van der Waals surface area contributed by atoms with Crippen molar-refractivity contribution in [3.63, 3.8) is 0 Å². The van der Waals surface area contributed by atoms with Crippen molar-refractivity contribution in [3.8, 4) is 0 Å². The number of esters is 1. The average Bonchev–Trinajstić information content (AvgIpc) is 2.68. The fourth-order valence-electron chi connectivity index (χ4n) is 1.48. The lowest BCUT2D eigenvalue weighted by molar-refractivity contribution is -0.134. The maximum absolute atomic E-state index is 11.0. The number of H-pyrrole nitrogens is 1. The Morgan fingerprint density at radius 1 is 1.50 bits per heavy atom. The number of carbonyl (C=O) groups excluding carboxylic acids is 1. The summed E-state index contributed by atoms with van der Waals surface area (Å²) >= 11 is 3.40. The summed E-state index contributed by atoms with van der Waals surface area (Å²) in [6.45, 7) is 0. The van der Waals surface area contributed by atoms with Gasteiger partial charge in [0, 0.05) is 33.2 Å². The molecule has 1 N–H and O–H groups in total. The third kappa shape index (κ3) is 2.17. The minimum atomic E-state index is -0.355. The minimum absolute atomic E-state index is 0.355. The van der Waals surface area contributed by atoms with Crippen molar-refractivity contribution in [3.05, 3.63) is 40.5 Å². The zero-order valence-electron chi connectivity index (χ0n) is 8.66. The SMILES string of the molecule is COC(=O)/C=C/c1c[nH]c2cc(Br)ccc12. The van der Waals surface area contributed by atoms with E-state index in [4.69, 9.17) is 0 Å². The Balaban J connectivity index is 2.39. The van der Waals surface area contributed by atoms with E-state index < -0.39 is 0 Å². The predicted molar refractivity (Wildman–Crippen MR) is 67.0 cm³/mol. The second kappa shape index (κ2) is 4.53. The predicted octanol–water partition coefficient (Wildman–Crippen LogP) is 3.12. The van der Waals surface area contributed by atoms with Crippen LogP contribution >= 0.6 is 15.9 Å². The van der Waals surface area contributed by atoms with Crippen LogP contribution in [-0.4, -0.2) is 18.1 Å². The molecule has 0 fully saturated rings.